The second kappa shape index (κ2) is 3.75. The van der Waals surface area contributed by atoms with Gasteiger partial charge in [-0.3, -0.25) is 10.1 Å². The topological polar surface area (TPSA) is 69.2 Å². The van der Waals surface area contributed by atoms with E-state index >= 15 is 0 Å². The minimum atomic E-state index is -0.536. The highest BCUT2D eigenvalue weighted by molar-refractivity contribution is 6.33. The van der Waals surface area contributed by atoms with E-state index in [1.165, 1.54) is 12.1 Å². The van der Waals surface area contributed by atoms with Crippen molar-refractivity contribution < 1.29 is 9.34 Å². The van der Waals surface area contributed by atoms with Crippen LogP contribution in [-0.2, 0) is 0 Å². The molecule has 0 unspecified atom stereocenters. The molecule has 5 nitrogen and oxygen atoms in total. The van der Waals surface area contributed by atoms with Gasteiger partial charge in [0.15, 0.2) is 11.5 Å². The molecule has 0 N–H and O–H groups in total. The van der Waals surface area contributed by atoms with Gasteiger partial charge in [-0.2, -0.15) is 0 Å². The summed E-state index contributed by atoms with van der Waals surface area (Å²) in [6, 6.07) is 2.75. The zero-order valence-corrected chi connectivity index (χ0v) is 9.49. The van der Waals surface area contributed by atoms with Gasteiger partial charge in [-0.15, -0.1) is 0 Å². The zero-order valence-electron chi connectivity index (χ0n) is 8.73. The molecule has 0 radical (unpaired) electrons. The fourth-order valence-electron chi connectivity index (χ4n) is 1.34. The molecule has 0 spiro atoms. The molecule has 0 aliphatic rings. The third-order valence-electron chi connectivity index (χ3n) is 2.16. The standard InChI is InChI=1S/C10H9ClN2O3/c1-5(2)10-12-7-4-8(13(14)15)6(11)3-9(7)16-10/h3-5H,1-2H3. The Bertz CT molecular complexity index is 562. The Hall–Kier alpha value is -1.62. The number of hydrogen-bond donors (Lipinski definition) is 0. The highest BCUT2D eigenvalue weighted by Gasteiger charge is 2.17. The van der Waals surface area contributed by atoms with Crippen molar-refractivity contribution in [2.75, 3.05) is 0 Å². The van der Waals surface area contributed by atoms with E-state index < -0.39 is 4.92 Å². The second-order valence-electron chi connectivity index (χ2n) is 3.74. The van der Waals surface area contributed by atoms with Crippen LogP contribution in [0, 0.1) is 10.1 Å². The average Bonchev–Trinajstić information content (AvgIpc) is 2.58. The number of fused-ring (bicyclic) bond motifs is 1. The van der Waals surface area contributed by atoms with Crippen LogP contribution < -0.4 is 0 Å². The summed E-state index contributed by atoms with van der Waals surface area (Å²) >= 11 is 5.76. The monoisotopic (exact) mass is 240 g/mol. The summed E-state index contributed by atoms with van der Waals surface area (Å²) in [5, 5.41) is 10.7. The number of nitro groups is 1. The van der Waals surface area contributed by atoms with E-state index in [1.54, 1.807) is 0 Å². The first-order valence-corrected chi connectivity index (χ1v) is 5.11. The highest BCUT2D eigenvalue weighted by Crippen LogP contribution is 2.31. The number of oxazole rings is 1. The number of hydrogen-bond acceptors (Lipinski definition) is 4. The molecule has 84 valence electrons. The molecule has 6 heteroatoms. The number of nitro benzene ring substituents is 1. The van der Waals surface area contributed by atoms with E-state index in [9.17, 15) is 10.1 Å². The Morgan fingerprint density at radius 1 is 1.50 bits per heavy atom. The summed E-state index contributed by atoms with van der Waals surface area (Å²) in [6.45, 7) is 3.86. The van der Waals surface area contributed by atoms with E-state index in [4.69, 9.17) is 16.0 Å². The van der Waals surface area contributed by atoms with Crippen LogP contribution in [0.4, 0.5) is 5.69 Å². The number of rotatable bonds is 2. The Balaban J connectivity index is 2.65. The summed E-state index contributed by atoms with van der Waals surface area (Å²) in [6.07, 6.45) is 0. The van der Waals surface area contributed by atoms with Gasteiger partial charge in [0, 0.05) is 18.1 Å². The predicted molar refractivity (Wildman–Crippen MR) is 59.8 cm³/mol. The lowest BCUT2D eigenvalue weighted by Gasteiger charge is -1.94. The molecule has 0 atom stereocenters. The maximum absolute atomic E-state index is 10.7. The second-order valence-corrected chi connectivity index (χ2v) is 4.14. The maximum Gasteiger partial charge on any atom is 0.290 e. The number of benzene rings is 1. The smallest absolute Gasteiger partial charge is 0.290 e. The van der Waals surface area contributed by atoms with Crippen molar-refractivity contribution in [2.24, 2.45) is 0 Å². The Kier molecular flexibility index (Phi) is 2.55. The molecule has 1 aromatic heterocycles. The summed E-state index contributed by atoms with van der Waals surface area (Å²) in [7, 11) is 0. The van der Waals surface area contributed by atoms with E-state index in [-0.39, 0.29) is 16.6 Å². The Labute approximate surface area is 96.2 Å². The fraction of sp³-hybridized carbons (Fsp3) is 0.300. The Morgan fingerprint density at radius 3 is 2.75 bits per heavy atom. The molecule has 0 aliphatic heterocycles. The van der Waals surface area contributed by atoms with E-state index in [2.05, 4.69) is 4.98 Å². The summed E-state index contributed by atoms with van der Waals surface area (Å²) in [4.78, 5) is 14.3. The van der Waals surface area contributed by atoms with Crippen molar-refractivity contribution in [3.05, 3.63) is 33.2 Å². The van der Waals surface area contributed by atoms with Crippen molar-refractivity contribution in [1.29, 1.82) is 0 Å². The fourth-order valence-corrected chi connectivity index (χ4v) is 1.57. The Morgan fingerprint density at radius 2 is 2.19 bits per heavy atom. The van der Waals surface area contributed by atoms with Gasteiger partial charge in [-0.1, -0.05) is 25.4 Å². The molecule has 0 bridgehead atoms. The van der Waals surface area contributed by atoms with Crippen LogP contribution in [0.3, 0.4) is 0 Å². The van der Waals surface area contributed by atoms with E-state index in [1.807, 2.05) is 13.8 Å². The first-order chi connectivity index (χ1) is 7.49. The van der Waals surface area contributed by atoms with Crippen molar-refractivity contribution >= 4 is 28.4 Å². The van der Waals surface area contributed by atoms with Crippen molar-refractivity contribution in [1.82, 2.24) is 4.98 Å². The molecule has 0 saturated heterocycles. The van der Waals surface area contributed by atoms with E-state index in [0.29, 0.717) is 17.0 Å². The van der Waals surface area contributed by atoms with Crippen molar-refractivity contribution in [3.8, 4) is 0 Å². The van der Waals surface area contributed by atoms with Crippen LogP contribution >= 0.6 is 11.6 Å². The minimum absolute atomic E-state index is 0.0592. The molecule has 0 fully saturated rings. The quantitative estimate of drug-likeness (QED) is 0.595. The molecule has 1 heterocycles. The normalized spacial score (nSPS) is 11.2. The third kappa shape index (κ3) is 1.74. The van der Waals surface area contributed by atoms with Crippen LogP contribution in [0.25, 0.3) is 11.1 Å². The molecule has 1 aromatic carbocycles. The van der Waals surface area contributed by atoms with Crippen LogP contribution in [0.2, 0.25) is 5.02 Å². The molecule has 0 saturated carbocycles. The van der Waals surface area contributed by atoms with Gasteiger partial charge < -0.3 is 4.42 Å². The maximum atomic E-state index is 10.7. The minimum Gasteiger partial charge on any atom is -0.440 e. The zero-order chi connectivity index (χ0) is 11.9. The molecular formula is C10H9ClN2O3. The van der Waals surface area contributed by atoms with Gasteiger partial charge in [0.1, 0.15) is 10.5 Å². The first kappa shape index (κ1) is 10.9. The molecule has 2 aromatic rings. The summed E-state index contributed by atoms with van der Waals surface area (Å²) < 4.78 is 5.43. The molecular weight excluding hydrogens is 232 g/mol. The van der Waals surface area contributed by atoms with Crippen molar-refractivity contribution in [3.63, 3.8) is 0 Å². The van der Waals surface area contributed by atoms with Crippen LogP contribution in [0.5, 0.6) is 0 Å². The summed E-state index contributed by atoms with van der Waals surface area (Å²) in [5.74, 6) is 0.678. The van der Waals surface area contributed by atoms with Crippen LogP contribution in [0.1, 0.15) is 25.7 Å². The number of nitrogens with zero attached hydrogens (tertiary/aromatic N) is 2. The third-order valence-corrected chi connectivity index (χ3v) is 2.47. The predicted octanol–water partition coefficient (Wildman–Crippen LogP) is 3.51. The number of aromatic nitrogens is 1. The van der Waals surface area contributed by atoms with Gasteiger partial charge in [-0.05, 0) is 0 Å². The summed E-state index contributed by atoms with van der Waals surface area (Å²) in [5.41, 5.74) is 0.775. The van der Waals surface area contributed by atoms with Crippen LogP contribution in [-0.4, -0.2) is 9.91 Å². The van der Waals surface area contributed by atoms with Crippen LogP contribution in [0.15, 0.2) is 16.5 Å². The molecule has 0 aliphatic carbocycles. The molecule has 16 heavy (non-hydrogen) atoms. The van der Waals surface area contributed by atoms with Gasteiger partial charge in [0.2, 0.25) is 0 Å². The SMILES string of the molecule is CC(C)c1nc2cc([N+](=O)[O-])c(Cl)cc2o1. The number of halogens is 1. The van der Waals surface area contributed by atoms with Crippen molar-refractivity contribution in [2.45, 2.75) is 19.8 Å². The van der Waals surface area contributed by atoms with E-state index in [0.717, 1.165) is 0 Å². The molecule has 2 rings (SSSR count). The molecule has 0 amide bonds. The van der Waals surface area contributed by atoms with Gasteiger partial charge >= 0.3 is 0 Å². The lowest BCUT2D eigenvalue weighted by Crippen LogP contribution is -1.88. The lowest BCUT2D eigenvalue weighted by atomic mass is 10.2. The van der Waals surface area contributed by atoms with Gasteiger partial charge in [0.05, 0.1) is 4.92 Å². The lowest BCUT2D eigenvalue weighted by molar-refractivity contribution is -0.384. The highest BCUT2D eigenvalue weighted by atomic mass is 35.5. The van der Waals surface area contributed by atoms with Gasteiger partial charge in [0.25, 0.3) is 5.69 Å². The first-order valence-electron chi connectivity index (χ1n) is 4.73. The van der Waals surface area contributed by atoms with Gasteiger partial charge in [-0.25, -0.2) is 4.98 Å². The average molecular weight is 241 g/mol. The largest absolute Gasteiger partial charge is 0.440 e.